The Hall–Kier alpha value is -3.59. The van der Waals surface area contributed by atoms with E-state index < -0.39 is 0 Å². The van der Waals surface area contributed by atoms with Crippen LogP contribution in [0.5, 0.6) is 0 Å². The van der Waals surface area contributed by atoms with E-state index in [0.717, 1.165) is 22.1 Å². The second-order valence-electron chi connectivity index (χ2n) is 6.13. The number of nitrogens with zero attached hydrogens (tertiary/aromatic N) is 1. The minimum atomic E-state index is -0.0912. The SMILES string of the molecule is Nc1ccc(C(=O)N(c2ccccc2)c2ccc3ccccc3c2)cc1. The monoisotopic (exact) mass is 338 g/mol. The van der Waals surface area contributed by atoms with E-state index in [0.29, 0.717) is 11.3 Å². The molecule has 0 bridgehead atoms. The largest absolute Gasteiger partial charge is 0.399 e. The Balaban J connectivity index is 1.84. The van der Waals surface area contributed by atoms with E-state index in [-0.39, 0.29) is 5.91 Å². The molecular weight excluding hydrogens is 320 g/mol. The summed E-state index contributed by atoms with van der Waals surface area (Å²) in [4.78, 5) is 15.0. The third-order valence-electron chi connectivity index (χ3n) is 4.37. The molecule has 3 nitrogen and oxygen atoms in total. The number of nitrogen functional groups attached to an aromatic ring is 1. The summed E-state index contributed by atoms with van der Waals surface area (Å²) in [6.45, 7) is 0. The van der Waals surface area contributed by atoms with Gasteiger partial charge in [0, 0.05) is 22.6 Å². The molecule has 2 N–H and O–H groups in total. The van der Waals surface area contributed by atoms with Crippen molar-refractivity contribution >= 4 is 33.7 Å². The number of carbonyl (C=O) groups is 1. The van der Waals surface area contributed by atoms with E-state index >= 15 is 0 Å². The molecule has 0 unspecified atom stereocenters. The van der Waals surface area contributed by atoms with Gasteiger partial charge in [0.05, 0.1) is 0 Å². The number of hydrogen-bond donors (Lipinski definition) is 1. The van der Waals surface area contributed by atoms with Gasteiger partial charge in [0.2, 0.25) is 0 Å². The van der Waals surface area contributed by atoms with Crippen LogP contribution in [0.4, 0.5) is 17.1 Å². The van der Waals surface area contributed by atoms with Crippen LogP contribution in [0.15, 0.2) is 97.1 Å². The van der Waals surface area contributed by atoms with Gasteiger partial charge < -0.3 is 5.73 Å². The van der Waals surface area contributed by atoms with E-state index in [1.165, 1.54) is 0 Å². The van der Waals surface area contributed by atoms with Crippen LogP contribution in [0.1, 0.15) is 10.4 Å². The smallest absolute Gasteiger partial charge is 0.262 e. The van der Waals surface area contributed by atoms with Gasteiger partial charge >= 0.3 is 0 Å². The lowest BCUT2D eigenvalue weighted by atomic mass is 10.1. The predicted octanol–water partition coefficient (Wildman–Crippen LogP) is 5.40. The molecule has 4 aromatic carbocycles. The molecule has 0 atom stereocenters. The van der Waals surface area contributed by atoms with Crippen LogP contribution >= 0.6 is 0 Å². The normalized spacial score (nSPS) is 10.6. The van der Waals surface area contributed by atoms with Crippen molar-refractivity contribution in [2.75, 3.05) is 10.6 Å². The molecule has 0 aliphatic heterocycles. The van der Waals surface area contributed by atoms with Crippen molar-refractivity contribution in [3.8, 4) is 0 Å². The zero-order valence-corrected chi connectivity index (χ0v) is 14.2. The van der Waals surface area contributed by atoms with Crippen LogP contribution in [0.2, 0.25) is 0 Å². The quantitative estimate of drug-likeness (QED) is 0.508. The highest BCUT2D eigenvalue weighted by molar-refractivity contribution is 6.11. The molecule has 0 fully saturated rings. The van der Waals surface area contributed by atoms with Gasteiger partial charge in [0.15, 0.2) is 0 Å². The van der Waals surface area contributed by atoms with E-state index in [9.17, 15) is 4.79 Å². The van der Waals surface area contributed by atoms with Crippen LogP contribution in [-0.2, 0) is 0 Å². The van der Waals surface area contributed by atoms with Crippen LogP contribution in [-0.4, -0.2) is 5.91 Å². The van der Waals surface area contributed by atoms with Crippen LogP contribution in [0.25, 0.3) is 10.8 Å². The van der Waals surface area contributed by atoms with Gasteiger partial charge in [0.25, 0.3) is 5.91 Å². The Morgan fingerprint density at radius 2 is 1.31 bits per heavy atom. The van der Waals surface area contributed by atoms with Crippen LogP contribution in [0, 0.1) is 0 Å². The first-order valence-electron chi connectivity index (χ1n) is 8.46. The van der Waals surface area contributed by atoms with Gasteiger partial charge in [-0.3, -0.25) is 9.69 Å². The predicted molar refractivity (Wildman–Crippen MR) is 108 cm³/mol. The molecule has 0 aromatic heterocycles. The highest BCUT2D eigenvalue weighted by Gasteiger charge is 2.20. The van der Waals surface area contributed by atoms with Crippen molar-refractivity contribution in [1.82, 2.24) is 0 Å². The molecular formula is C23H18N2O. The molecule has 0 spiro atoms. The van der Waals surface area contributed by atoms with Crippen molar-refractivity contribution in [3.63, 3.8) is 0 Å². The maximum Gasteiger partial charge on any atom is 0.262 e. The van der Waals surface area contributed by atoms with E-state index in [2.05, 4.69) is 12.1 Å². The fourth-order valence-electron chi connectivity index (χ4n) is 3.03. The fraction of sp³-hybridized carbons (Fsp3) is 0. The standard InChI is InChI=1S/C23H18N2O/c24-20-13-10-18(11-14-20)23(26)25(21-8-2-1-3-9-21)22-15-12-17-6-4-5-7-19(17)16-22/h1-16H,24H2. The summed E-state index contributed by atoms with van der Waals surface area (Å²) in [6, 6.07) is 30.9. The lowest BCUT2D eigenvalue weighted by Gasteiger charge is -2.23. The Morgan fingerprint density at radius 1 is 0.654 bits per heavy atom. The van der Waals surface area contributed by atoms with Gasteiger partial charge in [-0.25, -0.2) is 0 Å². The molecule has 0 saturated carbocycles. The molecule has 4 aromatic rings. The number of fused-ring (bicyclic) bond motifs is 1. The third-order valence-corrected chi connectivity index (χ3v) is 4.37. The summed E-state index contributed by atoms with van der Waals surface area (Å²) in [5.74, 6) is -0.0912. The number of carbonyl (C=O) groups excluding carboxylic acids is 1. The molecule has 126 valence electrons. The number of benzene rings is 4. The second-order valence-corrected chi connectivity index (χ2v) is 6.13. The van der Waals surface area contributed by atoms with Gasteiger partial charge in [-0.15, -0.1) is 0 Å². The Labute approximate surface area is 152 Å². The topological polar surface area (TPSA) is 46.3 Å². The lowest BCUT2D eigenvalue weighted by Crippen LogP contribution is -2.25. The second kappa shape index (κ2) is 6.73. The van der Waals surface area contributed by atoms with Crippen molar-refractivity contribution < 1.29 is 4.79 Å². The Morgan fingerprint density at radius 3 is 2.04 bits per heavy atom. The first-order valence-corrected chi connectivity index (χ1v) is 8.46. The molecule has 0 radical (unpaired) electrons. The molecule has 3 heteroatoms. The number of anilines is 3. The number of nitrogens with two attached hydrogens (primary N) is 1. The van der Waals surface area contributed by atoms with E-state index in [1.807, 2.05) is 60.7 Å². The van der Waals surface area contributed by atoms with E-state index in [4.69, 9.17) is 5.73 Å². The highest BCUT2D eigenvalue weighted by Crippen LogP contribution is 2.30. The van der Waals surface area contributed by atoms with Crippen molar-refractivity contribution in [3.05, 3.63) is 103 Å². The first-order chi connectivity index (χ1) is 12.7. The van der Waals surface area contributed by atoms with Gasteiger partial charge in [-0.05, 0) is 59.3 Å². The summed E-state index contributed by atoms with van der Waals surface area (Å²) >= 11 is 0. The molecule has 0 aliphatic carbocycles. The Bertz CT molecular complexity index is 1060. The van der Waals surface area contributed by atoms with Gasteiger partial charge in [-0.2, -0.15) is 0 Å². The number of hydrogen-bond acceptors (Lipinski definition) is 2. The summed E-state index contributed by atoms with van der Waals surface area (Å²) in [5, 5.41) is 2.24. The summed E-state index contributed by atoms with van der Waals surface area (Å²) in [7, 11) is 0. The molecule has 1 amide bonds. The maximum atomic E-state index is 13.3. The minimum Gasteiger partial charge on any atom is -0.399 e. The molecule has 0 aliphatic rings. The van der Waals surface area contributed by atoms with Crippen molar-refractivity contribution in [2.24, 2.45) is 0 Å². The van der Waals surface area contributed by atoms with Gasteiger partial charge in [0.1, 0.15) is 0 Å². The third kappa shape index (κ3) is 3.03. The maximum absolute atomic E-state index is 13.3. The average Bonchev–Trinajstić information content (AvgIpc) is 2.69. The van der Waals surface area contributed by atoms with Crippen molar-refractivity contribution in [2.45, 2.75) is 0 Å². The molecule has 4 rings (SSSR count). The zero-order valence-electron chi connectivity index (χ0n) is 14.2. The fourth-order valence-corrected chi connectivity index (χ4v) is 3.03. The number of rotatable bonds is 3. The van der Waals surface area contributed by atoms with Crippen LogP contribution < -0.4 is 10.6 Å². The first kappa shape index (κ1) is 15.9. The summed E-state index contributed by atoms with van der Waals surface area (Å²) < 4.78 is 0. The minimum absolute atomic E-state index is 0.0912. The highest BCUT2D eigenvalue weighted by atomic mass is 16.2. The number of para-hydroxylation sites is 1. The molecule has 0 heterocycles. The number of amides is 1. The summed E-state index contributed by atoms with van der Waals surface area (Å²) in [6.07, 6.45) is 0. The van der Waals surface area contributed by atoms with E-state index in [1.54, 1.807) is 29.2 Å². The van der Waals surface area contributed by atoms with Crippen molar-refractivity contribution in [1.29, 1.82) is 0 Å². The van der Waals surface area contributed by atoms with Gasteiger partial charge in [-0.1, -0.05) is 48.5 Å². The zero-order chi connectivity index (χ0) is 17.9. The summed E-state index contributed by atoms with van der Waals surface area (Å²) in [5.41, 5.74) is 8.65. The van der Waals surface area contributed by atoms with Crippen LogP contribution in [0.3, 0.4) is 0 Å². The average molecular weight is 338 g/mol. The lowest BCUT2D eigenvalue weighted by molar-refractivity contribution is 0.0999. The molecule has 0 saturated heterocycles. The Kier molecular flexibility index (Phi) is 4.12. The molecule has 26 heavy (non-hydrogen) atoms.